The molecule has 0 amide bonds. The van der Waals surface area contributed by atoms with Crippen molar-refractivity contribution in [2.45, 2.75) is 46.1 Å². The van der Waals surface area contributed by atoms with Gasteiger partial charge in [-0.2, -0.15) is 0 Å². The predicted molar refractivity (Wildman–Crippen MR) is 67.7 cm³/mol. The zero-order valence-corrected chi connectivity index (χ0v) is 10.6. The van der Waals surface area contributed by atoms with E-state index < -0.39 is 5.54 Å². The van der Waals surface area contributed by atoms with E-state index in [1.807, 2.05) is 45.9 Å². The molecule has 0 saturated carbocycles. The summed E-state index contributed by atoms with van der Waals surface area (Å²) in [6, 6.07) is 5.79. The molecule has 1 rings (SSSR count). The van der Waals surface area contributed by atoms with E-state index in [0.29, 0.717) is 0 Å². The van der Waals surface area contributed by atoms with Crippen molar-refractivity contribution >= 4 is 5.78 Å². The molecule has 0 heterocycles. The van der Waals surface area contributed by atoms with Gasteiger partial charge in [0.25, 0.3) is 0 Å². The van der Waals surface area contributed by atoms with Crippen LogP contribution in [0.5, 0.6) is 0 Å². The number of benzene rings is 1. The van der Waals surface area contributed by atoms with Crippen molar-refractivity contribution in [2.75, 3.05) is 0 Å². The van der Waals surface area contributed by atoms with Gasteiger partial charge in [0.05, 0.1) is 5.54 Å². The van der Waals surface area contributed by atoms with Gasteiger partial charge in [-0.25, -0.2) is 0 Å². The van der Waals surface area contributed by atoms with Crippen LogP contribution >= 0.6 is 0 Å². The Hall–Kier alpha value is -1.15. The summed E-state index contributed by atoms with van der Waals surface area (Å²) in [5.41, 5.74) is 8.27. The lowest BCUT2D eigenvalue weighted by atomic mass is 9.85. The number of ketones is 1. The van der Waals surface area contributed by atoms with Crippen molar-refractivity contribution in [1.29, 1.82) is 0 Å². The average molecular weight is 219 g/mol. The minimum atomic E-state index is -0.743. The number of carbonyl (C=O) groups is 1. The molecule has 0 aliphatic heterocycles. The van der Waals surface area contributed by atoms with Gasteiger partial charge in [0.15, 0.2) is 5.78 Å². The minimum Gasteiger partial charge on any atom is -0.319 e. The van der Waals surface area contributed by atoms with Crippen LogP contribution in [0.25, 0.3) is 0 Å². The maximum absolute atomic E-state index is 12.3. The summed E-state index contributed by atoms with van der Waals surface area (Å²) in [7, 11) is 0. The fraction of sp³-hybridized carbons (Fsp3) is 0.500. The summed E-state index contributed by atoms with van der Waals surface area (Å²) < 4.78 is 0. The van der Waals surface area contributed by atoms with Crippen LogP contribution in [0.3, 0.4) is 0 Å². The highest BCUT2D eigenvalue weighted by Gasteiger charge is 2.29. The molecule has 0 spiro atoms. The van der Waals surface area contributed by atoms with Gasteiger partial charge in [-0.05, 0) is 38.3 Å². The second kappa shape index (κ2) is 4.79. The van der Waals surface area contributed by atoms with E-state index in [-0.39, 0.29) is 5.78 Å². The molecule has 0 radical (unpaired) electrons. The number of carbonyl (C=O) groups excluding carboxylic acids is 1. The van der Waals surface area contributed by atoms with E-state index in [0.717, 1.165) is 29.5 Å². The topological polar surface area (TPSA) is 43.1 Å². The van der Waals surface area contributed by atoms with Gasteiger partial charge in [0, 0.05) is 5.56 Å². The van der Waals surface area contributed by atoms with Crippen molar-refractivity contribution < 1.29 is 4.79 Å². The quantitative estimate of drug-likeness (QED) is 0.791. The predicted octanol–water partition coefficient (Wildman–Crippen LogP) is 3.00. The first-order valence-electron chi connectivity index (χ1n) is 5.80. The monoisotopic (exact) mass is 219 g/mol. The highest BCUT2D eigenvalue weighted by molar-refractivity contribution is 6.04. The molecule has 88 valence electrons. The van der Waals surface area contributed by atoms with Gasteiger partial charge in [-0.15, -0.1) is 0 Å². The summed E-state index contributed by atoms with van der Waals surface area (Å²) in [6.45, 7) is 7.85. The third kappa shape index (κ3) is 2.50. The Balaban J connectivity index is 3.10. The van der Waals surface area contributed by atoms with E-state index in [9.17, 15) is 4.79 Å². The molecule has 0 aliphatic carbocycles. The van der Waals surface area contributed by atoms with Crippen LogP contribution in [0.1, 0.15) is 48.2 Å². The van der Waals surface area contributed by atoms with Gasteiger partial charge >= 0.3 is 0 Å². The molecule has 0 aromatic heterocycles. The molecule has 1 aromatic rings. The van der Waals surface area contributed by atoms with Crippen LogP contribution < -0.4 is 5.73 Å². The Morgan fingerprint density at radius 3 is 2.56 bits per heavy atom. The van der Waals surface area contributed by atoms with Crippen molar-refractivity contribution in [1.82, 2.24) is 0 Å². The third-order valence-corrected chi connectivity index (χ3v) is 3.14. The van der Waals surface area contributed by atoms with Gasteiger partial charge in [-0.3, -0.25) is 4.79 Å². The molecule has 1 unspecified atom stereocenters. The molecule has 0 aliphatic rings. The average Bonchev–Trinajstić information content (AvgIpc) is 2.21. The second-order valence-corrected chi connectivity index (χ2v) is 4.74. The Morgan fingerprint density at radius 1 is 1.38 bits per heavy atom. The third-order valence-electron chi connectivity index (χ3n) is 3.14. The first-order valence-corrected chi connectivity index (χ1v) is 5.80. The highest BCUT2D eigenvalue weighted by Crippen LogP contribution is 2.20. The molecular formula is C14H21NO. The summed E-state index contributed by atoms with van der Waals surface area (Å²) in [4.78, 5) is 12.3. The van der Waals surface area contributed by atoms with Crippen LogP contribution in [-0.4, -0.2) is 11.3 Å². The molecule has 2 N–H and O–H groups in total. The van der Waals surface area contributed by atoms with Gasteiger partial charge in [0.1, 0.15) is 0 Å². The maximum atomic E-state index is 12.3. The summed E-state index contributed by atoms with van der Waals surface area (Å²) in [5, 5.41) is 0. The Bertz CT molecular complexity index is 394. The van der Waals surface area contributed by atoms with Crippen LogP contribution in [-0.2, 0) is 0 Å². The number of hydrogen-bond acceptors (Lipinski definition) is 2. The molecule has 0 bridgehead atoms. The highest BCUT2D eigenvalue weighted by atomic mass is 16.1. The summed E-state index contributed by atoms with van der Waals surface area (Å²) in [6.07, 6.45) is 1.64. The van der Waals surface area contributed by atoms with E-state index >= 15 is 0 Å². The zero-order valence-electron chi connectivity index (χ0n) is 10.6. The Labute approximate surface area is 97.9 Å². The second-order valence-electron chi connectivity index (χ2n) is 4.74. The first-order chi connectivity index (χ1) is 7.40. The summed E-state index contributed by atoms with van der Waals surface area (Å²) in [5.74, 6) is 0.0514. The first kappa shape index (κ1) is 12.9. The number of nitrogens with two attached hydrogens (primary N) is 1. The van der Waals surface area contributed by atoms with Crippen LogP contribution in [0, 0.1) is 13.8 Å². The van der Waals surface area contributed by atoms with Crippen LogP contribution in [0.4, 0.5) is 0 Å². The van der Waals surface area contributed by atoms with Gasteiger partial charge in [0.2, 0.25) is 0 Å². The lowest BCUT2D eigenvalue weighted by Crippen LogP contribution is -2.45. The van der Waals surface area contributed by atoms with Crippen molar-refractivity contribution in [3.05, 3.63) is 34.9 Å². The largest absolute Gasteiger partial charge is 0.319 e. The SMILES string of the molecule is CCCC(C)(N)C(=O)c1cccc(C)c1C. The number of hydrogen-bond donors (Lipinski definition) is 1. The molecule has 2 nitrogen and oxygen atoms in total. The fourth-order valence-electron chi connectivity index (χ4n) is 1.94. The lowest BCUT2D eigenvalue weighted by Gasteiger charge is -2.23. The normalized spacial score (nSPS) is 14.6. The van der Waals surface area contributed by atoms with E-state index in [1.54, 1.807) is 0 Å². The van der Waals surface area contributed by atoms with Crippen molar-refractivity contribution in [2.24, 2.45) is 5.73 Å². The Kier molecular flexibility index (Phi) is 3.87. The zero-order chi connectivity index (χ0) is 12.3. The smallest absolute Gasteiger partial charge is 0.182 e. The van der Waals surface area contributed by atoms with Crippen LogP contribution in [0.2, 0.25) is 0 Å². The standard InChI is InChI=1S/C14H21NO/c1-5-9-14(4,15)13(16)12-8-6-7-10(2)11(12)3/h6-8H,5,9,15H2,1-4H3. The lowest BCUT2D eigenvalue weighted by molar-refractivity contribution is 0.0892. The molecule has 16 heavy (non-hydrogen) atoms. The summed E-state index contributed by atoms with van der Waals surface area (Å²) >= 11 is 0. The van der Waals surface area contributed by atoms with E-state index in [1.165, 1.54) is 0 Å². The minimum absolute atomic E-state index is 0.0514. The van der Waals surface area contributed by atoms with Gasteiger partial charge < -0.3 is 5.73 Å². The molecule has 2 heteroatoms. The van der Waals surface area contributed by atoms with E-state index in [2.05, 4.69) is 0 Å². The Morgan fingerprint density at radius 2 is 2.00 bits per heavy atom. The van der Waals surface area contributed by atoms with E-state index in [4.69, 9.17) is 5.73 Å². The van der Waals surface area contributed by atoms with Gasteiger partial charge in [-0.1, -0.05) is 31.5 Å². The molecule has 1 aromatic carbocycles. The molecule has 1 atom stereocenters. The van der Waals surface area contributed by atoms with Crippen LogP contribution in [0.15, 0.2) is 18.2 Å². The molecular weight excluding hydrogens is 198 g/mol. The van der Waals surface area contributed by atoms with Crippen molar-refractivity contribution in [3.63, 3.8) is 0 Å². The molecule has 0 saturated heterocycles. The number of Topliss-reactive ketones (excluding diaryl/α,β-unsaturated/α-hetero) is 1. The fourth-order valence-corrected chi connectivity index (χ4v) is 1.94. The maximum Gasteiger partial charge on any atom is 0.182 e. The van der Waals surface area contributed by atoms with Crippen molar-refractivity contribution in [3.8, 4) is 0 Å². The number of aryl methyl sites for hydroxylation is 1. The molecule has 0 fully saturated rings. The number of rotatable bonds is 4.